The standard InChI is InChI=1S/C16H24FNO3/c1-18(10-13-2-4-14(17)5-3-13)11-15(19)12-21-16-6-8-20-9-7-16/h2-5,15-16,19H,6-12H2,1H3. The first kappa shape index (κ1) is 16.4. The summed E-state index contributed by atoms with van der Waals surface area (Å²) >= 11 is 0. The van der Waals surface area contributed by atoms with Crippen LogP contribution in [0.5, 0.6) is 0 Å². The first-order valence-corrected chi connectivity index (χ1v) is 7.44. The number of rotatable bonds is 7. The summed E-state index contributed by atoms with van der Waals surface area (Å²) in [6, 6.07) is 6.43. The van der Waals surface area contributed by atoms with Gasteiger partial charge in [-0.05, 0) is 37.6 Å². The number of nitrogens with zero attached hydrogens (tertiary/aromatic N) is 1. The van der Waals surface area contributed by atoms with Crippen molar-refractivity contribution in [1.29, 1.82) is 0 Å². The summed E-state index contributed by atoms with van der Waals surface area (Å²) in [5.41, 5.74) is 1.02. The van der Waals surface area contributed by atoms with Crippen LogP contribution in [0.25, 0.3) is 0 Å². The molecule has 1 aliphatic heterocycles. The Kier molecular flexibility index (Phi) is 6.57. The first-order valence-electron chi connectivity index (χ1n) is 7.44. The van der Waals surface area contributed by atoms with Crippen molar-refractivity contribution < 1.29 is 19.0 Å². The van der Waals surface area contributed by atoms with Crippen LogP contribution >= 0.6 is 0 Å². The Morgan fingerprint density at radius 1 is 1.33 bits per heavy atom. The molecule has 0 radical (unpaired) electrons. The molecule has 0 saturated carbocycles. The summed E-state index contributed by atoms with van der Waals surface area (Å²) in [5.74, 6) is -0.230. The molecule has 5 heteroatoms. The number of halogens is 1. The van der Waals surface area contributed by atoms with E-state index in [4.69, 9.17) is 9.47 Å². The molecular weight excluding hydrogens is 273 g/mol. The fraction of sp³-hybridized carbons (Fsp3) is 0.625. The number of hydrogen-bond acceptors (Lipinski definition) is 4. The first-order chi connectivity index (χ1) is 10.1. The van der Waals surface area contributed by atoms with Crippen LogP contribution in [0, 0.1) is 5.82 Å². The van der Waals surface area contributed by atoms with E-state index in [1.807, 2.05) is 11.9 Å². The molecule has 0 aromatic heterocycles. The number of hydrogen-bond donors (Lipinski definition) is 1. The lowest BCUT2D eigenvalue weighted by atomic mass is 10.1. The molecule has 1 aliphatic rings. The molecule has 0 bridgehead atoms. The summed E-state index contributed by atoms with van der Waals surface area (Å²) in [7, 11) is 1.93. The molecule has 4 nitrogen and oxygen atoms in total. The van der Waals surface area contributed by atoms with E-state index in [-0.39, 0.29) is 11.9 Å². The normalized spacial score (nSPS) is 18.1. The highest BCUT2D eigenvalue weighted by Crippen LogP contribution is 2.11. The minimum Gasteiger partial charge on any atom is -0.389 e. The van der Waals surface area contributed by atoms with Crippen molar-refractivity contribution in [3.8, 4) is 0 Å². The predicted octanol–water partition coefficient (Wildman–Crippen LogP) is 1.81. The van der Waals surface area contributed by atoms with E-state index < -0.39 is 6.10 Å². The van der Waals surface area contributed by atoms with E-state index >= 15 is 0 Å². The average molecular weight is 297 g/mol. The fourth-order valence-corrected chi connectivity index (χ4v) is 2.47. The number of likely N-dealkylation sites (N-methyl/N-ethyl adjacent to an activating group) is 1. The van der Waals surface area contributed by atoms with Crippen molar-refractivity contribution in [2.75, 3.05) is 33.4 Å². The van der Waals surface area contributed by atoms with Crippen molar-refractivity contribution in [3.05, 3.63) is 35.6 Å². The van der Waals surface area contributed by atoms with E-state index in [0.29, 0.717) is 19.7 Å². The molecule has 1 aromatic carbocycles. The van der Waals surface area contributed by atoms with E-state index in [1.54, 1.807) is 12.1 Å². The molecule has 2 rings (SSSR count). The summed E-state index contributed by atoms with van der Waals surface area (Å²) in [6.07, 6.45) is 1.49. The van der Waals surface area contributed by atoms with Crippen LogP contribution in [0.1, 0.15) is 18.4 Å². The zero-order chi connectivity index (χ0) is 15.1. The second-order valence-corrected chi connectivity index (χ2v) is 5.62. The van der Waals surface area contributed by atoms with Gasteiger partial charge < -0.3 is 14.6 Å². The second-order valence-electron chi connectivity index (χ2n) is 5.62. The molecule has 118 valence electrons. The third kappa shape index (κ3) is 6.09. The van der Waals surface area contributed by atoms with E-state index in [0.717, 1.165) is 31.6 Å². The van der Waals surface area contributed by atoms with Gasteiger partial charge in [0.15, 0.2) is 0 Å². The lowest BCUT2D eigenvalue weighted by Crippen LogP contribution is -2.34. The van der Waals surface area contributed by atoms with Gasteiger partial charge in [-0.15, -0.1) is 0 Å². The number of ether oxygens (including phenoxy) is 2. The van der Waals surface area contributed by atoms with Gasteiger partial charge in [0.05, 0.1) is 18.8 Å². The summed E-state index contributed by atoms with van der Waals surface area (Å²) < 4.78 is 23.8. The highest BCUT2D eigenvalue weighted by Gasteiger charge is 2.16. The van der Waals surface area contributed by atoms with Gasteiger partial charge >= 0.3 is 0 Å². The molecule has 0 spiro atoms. The molecule has 0 aliphatic carbocycles. The number of benzene rings is 1. The Hall–Kier alpha value is -1.01. The van der Waals surface area contributed by atoms with E-state index in [2.05, 4.69) is 0 Å². The van der Waals surface area contributed by atoms with Crippen LogP contribution in [-0.2, 0) is 16.0 Å². The average Bonchev–Trinajstić information content (AvgIpc) is 2.48. The van der Waals surface area contributed by atoms with Gasteiger partial charge in [-0.2, -0.15) is 0 Å². The molecule has 1 unspecified atom stereocenters. The maximum atomic E-state index is 12.8. The van der Waals surface area contributed by atoms with Gasteiger partial charge in [-0.3, -0.25) is 4.90 Å². The summed E-state index contributed by atoms with van der Waals surface area (Å²) in [6.45, 7) is 3.03. The molecule has 1 saturated heterocycles. The predicted molar refractivity (Wildman–Crippen MR) is 78.5 cm³/mol. The SMILES string of the molecule is CN(Cc1ccc(F)cc1)CC(O)COC1CCOCC1. The molecular formula is C16H24FNO3. The van der Waals surface area contributed by atoms with Gasteiger partial charge in [0, 0.05) is 26.3 Å². The van der Waals surface area contributed by atoms with Crippen LogP contribution < -0.4 is 0 Å². The van der Waals surface area contributed by atoms with Crippen LogP contribution in [-0.4, -0.2) is 55.6 Å². The van der Waals surface area contributed by atoms with E-state index in [9.17, 15) is 9.50 Å². The third-order valence-electron chi connectivity index (χ3n) is 3.58. The highest BCUT2D eigenvalue weighted by molar-refractivity contribution is 5.15. The summed E-state index contributed by atoms with van der Waals surface area (Å²) in [4.78, 5) is 2.01. The highest BCUT2D eigenvalue weighted by atomic mass is 19.1. The Balaban J connectivity index is 1.66. The van der Waals surface area contributed by atoms with Crippen LogP contribution in [0.2, 0.25) is 0 Å². The van der Waals surface area contributed by atoms with Gasteiger partial charge in [-0.1, -0.05) is 12.1 Å². The molecule has 1 N–H and O–H groups in total. The minimum absolute atomic E-state index is 0.204. The fourth-order valence-electron chi connectivity index (χ4n) is 2.47. The summed E-state index contributed by atoms with van der Waals surface area (Å²) in [5, 5.41) is 10.0. The lowest BCUT2D eigenvalue weighted by Gasteiger charge is -2.25. The molecule has 1 heterocycles. The monoisotopic (exact) mass is 297 g/mol. The van der Waals surface area contributed by atoms with Crippen molar-refractivity contribution >= 4 is 0 Å². The zero-order valence-corrected chi connectivity index (χ0v) is 12.5. The van der Waals surface area contributed by atoms with Crippen LogP contribution in [0.4, 0.5) is 4.39 Å². The molecule has 0 amide bonds. The Morgan fingerprint density at radius 3 is 2.67 bits per heavy atom. The number of aliphatic hydroxyl groups excluding tert-OH is 1. The lowest BCUT2D eigenvalue weighted by molar-refractivity contribution is -0.0634. The third-order valence-corrected chi connectivity index (χ3v) is 3.58. The van der Waals surface area contributed by atoms with Gasteiger partial charge in [0.25, 0.3) is 0 Å². The Bertz CT molecular complexity index is 406. The topological polar surface area (TPSA) is 41.9 Å². The van der Waals surface area contributed by atoms with Crippen LogP contribution in [0.15, 0.2) is 24.3 Å². The molecule has 1 fully saturated rings. The zero-order valence-electron chi connectivity index (χ0n) is 12.5. The number of aliphatic hydroxyl groups is 1. The largest absolute Gasteiger partial charge is 0.389 e. The smallest absolute Gasteiger partial charge is 0.123 e. The Labute approximate surface area is 125 Å². The maximum absolute atomic E-state index is 12.8. The van der Waals surface area contributed by atoms with Gasteiger partial charge in [-0.25, -0.2) is 4.39 Å². The Morgan fingerprint density at radius 2 is 2.00 bits per heavy atom. The van der Waals surface area contributed by atoms with Gasteiger partial charge in [0.1, 0.15) is 5.82 Å². The van der Waals surface area contributed by atoms with Crippen molar-refractivity contribution in [2.24, 2.45) is 0 Å². The van der Waals surface area contributed by atoms with Crippen molar-refractivity contribution in [2.45, 2.75) is 31.6 Å². The minimum atomic E-state index is -0.515. The van der Waals surface area contributed by atoms with Crippen LogP contribution in [0.3, 0.4) is 0 Å². The molecule has 21 heavy (non-hydrogen) atoms. The molecule has 1 aromatic rings. The van der Waals surface area contributed by atoms with Gasteiger partial charge in [0.2, 0.25) is 0 Å². The van der Waals surface area contributed by atoms with Crippen molar-refractivity contribution in [1.82, 2.24) is 4.90 Å². The quantitative estimate of drug-likeness (QED) is 0.833. The van der Waals surface area contributed by atoms with E-state index in [1.165, 1.54) is 12.1 Å². The molecule has 1 atom stereocenters. The maximum Gasteiger partial charge on any atom is 0.123 e. The van der Waals surface area contributed by atoms with Crippen molar-refractivity contribution in [3.63, 3.8) is 0 Å². The second kappa shape index (κ2) is 8.44.